The van der Waals surface area contributed by atoms with E-state index in [2.05, 4.69) is 20.0 Å². The summed E-state index contributed by atoms with van der Waals surface area (Å²) in [6, 6.07) is 5.52. The van der Waals surface area contributed by atoms with E-state index in [0.29, 0.717) is 22.5 Å². The van der Waals surface area contributed by atoms with Gasteiger partial charge in [0.15, 0.2) is 11.0 Å². The maximum Gasteiger partial charge on any atom is 0.348 e. The number of halogens is 1. The zero-order chi connectivity index (χ0) is 17.1. The van der Waals surface area contributed by atoms with Crippen LogP contribution in [0.2, 0.25) is 5.15 Å². The third-order valence-corrected chi connectivity index (χ3v) is 5.08. The molecule has 0 radical (unpaired) electrons. The van der Waals surface area contributed by atoms with Crippen molar-refractivity contribution < 1.29 is 9.53 Å². The van der Waals surface area contributed by atoms with Crippen molar-refractivity contribution in [3.05, 3.63) is 28.2 Å². The van der Waals surface area contributed by atoms with Crippen LogP contribution in [0.15, 0.2) is 18.2 Å². The van der Waals surface area contributed by atoms with Crippen LogP contribution in [0.25, 0.3) is 0 Å². The lowest BCUT2D eigenvalue weighted by Gasteiger charge is -2.36. The number of anilines is 3. The number of carbonyl (C=O) groups is 1. The Labute approximate surface area is 149 Å². The Morgan fingerprint density at radius 2 is 2.00 bits per heavy atom. The Bertz CT molecular complexity index is 730. The number of thiophene rings is 1. The number of rotatable bonds is 4. The normalized spacial score (nSPS) is 14.8. The number of nitrogens with two attached hydrogens (primary N) is 1. The maximum atomic E-state index is 11.8. The van der Waals surface area contributed by atoms with Gasteiger partial charge in [0.1, 0.15) is 4.88 Å². The van der Waals surface area contributed by atoms with Gasteiger partial charge in [-0.15, -0.1) is 21.5 Å². The van der Waals surface area contributed by atoms with E-state index in [4.69, 9.17) is 22.1 Å². The van der Waals surface area contributed by atoms with Gasteiger partial charge in [-0.2, -0.15) is 0 Å². The molecular formula is C15H18ClN5O2S. The van der Waals surface area contributed by atoms with E-state index in [1.807, 2.05) is 12.1 Å². The minimum atomic E-state index is -0.266. The number of hydrogen-bond donors (Lipinski definition) is 1. The van der Waals surface area contributed by atoms with Crippen LogP contribution >= 0.6 is 22.9 Å². The third kappa shape index (κ3) is 3.54. The molecule has 1 saturated heterocycles. The lowest BCUT2D eigenvalue weighted by Crippen LogP contribution is -2.46. The summed E-state index contributed by atoms with van der Waals surface area (Å²) in [6.07, 6.45) is 0. The van der Waals surface area contributed by atoms with Crippen molar-refractivity contribution in [1.82, 2.24) is 10.2 Å². The van der Waals surface area contributed by atoms with Crippen molar-refractivity contribution in [1.29, 1.82) is 0 Å². The number of nitrogen functional groups attached to an aromatic ring is 1. The van der Waals surface area contributed by atoms with Gasteiger partial charge in [-0.3, -0.25) is 0 Å². The predicted octanol–water partition coefficient (Wildman–Crippen LogP) is 2.28. The summed E-state index contributed by atoms with van der Waals surface area (Å²) in [5.74, 6) is 0.117. The Kier molecular flexibility index (Phi) is 5.06. The molecule has 1 fully saturated rings. The average molecular weight is 368 g/mol. The molecule has 24 heavy (non-hydrogen) atoms. The molecule has 0 aliphatic carbocycles. The summed E-state index contributed by atoms with van der Waals surface area (Å²) >= 11 is 7.37. The third-order valence-electron chi connectivity index (χ3n) is 3.77. The van der Waals surface area contributed by atoms with Crippen LogP contribution in [-0.4, -0.2) is 49.0 Å². The van der Waals surface area contributed by atoms with Crippen molar-refractivity contribution in [3.63, 3.8) is 0 Å². The second kappa shape index (κ2) is 7.23. The van der Waals surface area contributed by atoms with E-state index in [9.17, 15) is 4.79 Å². The number of ether oxygens (including phenoxy) is 1. The zero-order valence-electron chi connectivity index (χ0n) is 13.2. The van der Waals surface area contributed by atoms with Gasteiger partial charge in [0.25, 0.3) is 0 Å². The number of hydrogen-bond acceptors (Lipinski definition) is 8. The lowest BCUT2D eigenvalue weighted by atomic mass is 10.2. The summed E-state index contributed by atoms with van der Waals surface area (Å²) in [7, 11) is 0. The van der Waals surface area contributed by atoms with Crippen LogP contribution in [0, 0.1) is 0 Å². The molecule has 9 heteroatoms. The molecule has 3 heterocycles. The molecule has 0 spiro atoms. The molecule has 1 aliphatic rings. The van der Waals surface area contributed by atoms with E-state index < -0.39 is 0 Å². The predicted molar refractivity (Wildman–Crippen MR) is 96.2 cm³/mol. The zero-order valence-corrected chi connectivity index (χ0v) is 14.8. The van der Waals surface area contributed by atoms with E-state index in [-0.39, 0.29) is 5.97 Å². The summed E-state index contributed by atoms with van der Waals surface area (Å²) < 4.78 is 5.03. The van der Waals surface area contributed by atoms with Gasteiger partial charge in [-0.05, 0) is 19.1 Å². The second-order valence-electron chi connectivity index (χ2n) is 5.27. The van der Waals surface area contributed by atoms with Crippen LogP contribution < -0.4 is 15.5 Å². The van der Waals surface area contributed by atoms with E-state index in [1.54, 1.807) is 13.0 Å². The topological polar surface area (TPSA) is 84.6 Å². The number of carbonyl (C=O) groups excluding carboxylic acids is 1. The first kappa shape index (κ1) is 16.8. The smallest absolute Gasteiger partial charge is 0.348 e. The fraction of sp³-hybridized carbons (Fsp3) is 0.400. The van der Waals surface area contributed by atoms with Crippen molar-refractivity contribution >= 4 is 45.4 Å². The molecule has 0 saturated carbocycles. The molecule has 0 unspecified atom stereocenters. The molecular weight excluding hydrogens is 350 g/mol. The first-order valence-electron chi connectivity index (χ1n) is 7.64. The summed E-state index contributed by atoms with van der Waals surface area (Å²) in [5, 5.41) is 9.00. The molecule has 2 aromatic rings. The van der Waals surface area contributed by atoms with Gasteiger partial charge in [0, 0.05) is 32.2 Å². The number of aromatic nitrogens is 2. The van der Waals surface area contributed by atoms with Crippen LogP contribution in [0.5, 0.6) is 0 Å². The van der Waals surface area contributed by atoms with Gasteiger partial charge in [-0.25, -0.2) is 4.79 Å². The highest BCUT2D eigenvalue weighted by Crippen LogP contribution is 2.29. The summed E-state index contributed by atoms with van der Waals surface area (Å²) in [6.45, 7) is 5.41. The minimum Gasteiger partial charge on any atom is -0.462 e. The average Bonchev–Trinajstić information content (AvgIpc) is 3.08. The maximum absolute atomic E-state index is 11.8. The van der Waals surface area contributed by atoms with Crippen molar-refractivity contribution in [2.24, 2.45) is 0 Å². The number of esters is 1. The molecule has 2 aromatic heterocycles. The first-order valence-corrected chi connectivity index (χ1v) is 8.83. The molecule has 7 nitrogen and oxygen atoms in total. The second-order valence-corrected chi connectivity index (χ2v) is 6.72. The van der Waals surface area contributed by atoms with Crippen molar-refractivity contribution in [3.8, 4) is 0 Å². The molecule has 0 amide bonds. The molecule has 2 N–H and O–H groups in total. The van der Waals surface area contributed by atoms with Crippen LogP contribution in [0.1, 0.15) is 16.6 Å². The van der Waals surface area contributed by atoms with Crippen LogP contribution in [0.4, 0.5) is 16.5 Å². The first-order chi connectivity index (χ1) is 11.6. The Morgan fingerprint density at radius 3 is 2.71 bits per heavy atom. The largest absolute Gasteiger partial charge is 0.462 e. The van der Waals surface area contributed by atoms with Crippen molar-refractivity contribution in [2.75, 3.05) is 48.3 Å². The van der Waals surface area contributed by atoms with Gasteiger partial charge < -0.3 is 20.3 Å². The molecule has 1 aliphatic heterocycles. The fourth-order valence-corrected chi connectivity index (χ4v) is 3.69. The van der Waals surface area contributed by atoms with E-state index in [0.717, 1.165) is 36.9 Å². The van der Waals surface area contributed by atoms with Crippen LogP contribution in [0.3, 0.4) is 0 Å². The van der Waals surface area contributed by atoms with Crippen molar-refractivity contribution in [2.45, 2.75) is 6.92 Å². The van der Waals surface area contributed by atoms with E-state index in [1.165, 1.54) is 11.3 Å². The Balaban J connectivity index is 1.65. The molecule has 0 aromatic carbocycles. The Morgan fingerprint density at radius 1 is 1.29 bits per heavy atom. The minimum absolute atomic E-state index is 0.266. The van der Waals surface area contributed by atoms with Gasteiger partial charge in [0.2, 0.25) is 0 Å². The van der Waals surface area contributed by atoms with Gasteiger partial charge in [-0.1, -0.05) is 11.6 Å². The lowest BCUT2D eigenvalue weighted by molar-refractivity contribution is 0.0532. The monoisotopic (exact) mass is 367 g/mol. The standard InChI is InChI=1S/C15H18ClN5O2S/c1-2-23-15(22)11-3-4-13(24-11)21-7-5-20(6-8-21)10-9-12(16)18-19-14(10)17/h3-4,9H,2,5-8H2,1H3,(H2,17,19). The molecule has 3 rings (SSSR count). The highest BCUT2D eigenvalue weighted by Gasteiger charge is 2.22. The van der Waals surface area contributed by atoms with E-state index >= 15 is 0 Å². The molecule has 0 bridgehead atoms. The molecule has 128 valence electrons. The highest BCUT2D eigenvalue weighted by molar-refractivity contribution is 7.17. The summed E-state index contributed by atoms with van der Waals surface area (Å²) in [4.78, 5) is 16.8. The van der Waals surface area contributed by atoms with Gasteiger partial charge in [0.05, 0.1) is 17.3 Å². The van der Waals surface area contributed by atoms with Gasteiger partial charge >= 0.3 is 5.97 Å². The highest BCUT2D eigenvalue weighted by atomic mass is 35.5. The SMILES string of the molecule is CCOC(=O)c1ccc(N2CCN(c3cc(Cl)nnc3N)CC2)s1. The summed E-state index contributed by atoms with van der Waals surface area (Å²) in [5.41, 5.74) is 6.71. The number of piperazine rings is 1. The van der Waals surface area contributed by atoms with Crippen LogP contribution in [-0.2, 0) is 4.74 Å². The quantitative estimate of drug-likeness (QED) is 0.829. The number of nitrogens with zero attached hydrogens (tertiary/aromatic N) is 4. The fourth-order valence-electron chi connectivity index (χ4n) is 2.60. The molecule has 0 atom stereocenters. The Hall–Kier alpha value is -2.06.